The summed E-state index contributed by atoms with van der Waals surface area (Å²) in [5.74, 6) is -0.00563. The van der Waals surface area contributed by atoms with E-state index in [-0.39, 0.29) is 11.9 Å². The minimum Gasteiger partial charge on any atom is -0.508 e. The van der Waals surface area contributed by atoms with Crippen molar-refractivity contribution in [2.24, 2.45) is 0 Å². The van der Waals surface area contributed by atoms with E-state index in [2.05, 4.69) is 5.32 Å². The van der Waals surface area contributed by atoms with E-state index < -0.39 is 12.0 Å². The topological polar surface area (TPSA) is 78.8 Å². The molecule has 1 saturated heterocycles. The molecule has 5 heteroatoms. The van der Waals surface area contributed by atoms with Crippen molar-refractivity contribution >= 4 is 5.97 Å². The van der Waals surface area contributed by atoms with Crippen molar-refractivity contribution in [1.29, 1.82) is 0 Å². The van der Waals surface area contributed by atoms with Gasteiger partial charge < -0.3 is 20.3 Å². The second kappa shape index (κ2) is 5.05. The van der Waals surface area contributed by atoms with Crippen molar-refractivity contribution in [3.05, 3.63) is 24.3 Å². The Hall–Kier alpha value is -1.75. The summed E-state index contributed by atoms with van der Waals surface area (Å²) in [6, 6.07) is 5.90. The Kier molecular flexibility index (Phi) is 3.49. The quantitative estimate of drug-likeness (QED) is 0.730. The molecule has 0 bridgehead atoms. The van der Waals surface area contributed by atoms with Crippen LogP contribution < -0.4 is 10.1 Å². The number of hydrogen-bond donors (Lipinski definition) is 3. The number of piperidine rings is 1. The molecular weight excluding hydrogens is 222 g/mol. The predicted octanol–water partition coefficient (Wildman–Crippen LogP) is 0.976. The van der Waals surface area contributed by atoms with Gasteiger partial charge in [0.15, 0.2) is 0 Å². The molecule has 1 aromatic rings. The van der Waals surface area contributed by atoms with E-state index in [0.717, 1.165) is 6.42 Å². The fraction of sp³-hybridized carbons (Fsp3) is 0.417. The maximum atomic E-state index is 10.8. The van der Waals surface area contributed by atoms with Crippen molar-refractivity contribution in [3.63, 3.8) is 0 Å². The number of phenolic OH excluding ortho intramolecular Hbond substituents is 1. The average Bonchev–Trinajstić information content (AvgIpc) is 2.32. The summed E-state index contributed by atoms with van der Waals surface area (Å²) in [6.07, 6.45) is 1.14. The molecule has 5 nitrogen and oxygen atoms in total. The second-order valence-corrected chi connectivity index (χ2v) is 4.10. The maximum Gasteiger partial charge on any atom is 0.320 e. The van der Waals surface area contributed by atoms with Crippen LogP contribution in [0.3, 0.4) is 0 Å². The Morgan fingerprint density at radius 3 is 2.71 bits per heavy atom. The normalized spacial score (nSPS) is 24.2. The SMILES string of the molecule is O=C(O)C1CC(Oc2ccc(O)cc2)CCN1. The number of aromatic hydroxyl groups is 1. The lowest BCUT2D eigenvalue weighted by Crippen LogP contribution is -2.46. The number of carboxylic acids is 1. The zero-order chi connectivity index (χ0) is 12.3. The first-order valence-corrected chi connectivity index (χ1v) is 5.57. The van der Waals surface area contributed by atoms with Gasteiger partial charge in [0.25, 0.3) is 0 Å². The van der Waals surface area contributed by atoms with Gasteiger partial charge in [-0.3, -0.25) is 4.79 Å². The molecule has 1 aliphatic heterocycles. The van der Waals surface area contributed by atoms with Crippen molar-refractivity contribution in [1.82, 2.24) is 5.32 Å². The minimum atomic E-state index is -0.844. The highest BCUT2D eigenvalue weighted by molar-refractivity contribution is 5.73. The molecule has 17 heavy (non-hydrogen) atoms. The fourth-order valence-electron chi connectivity index (χ4n) is 1.89. The highest BCUT2D eigenvalue weighted by Gasteiger charge is 2.27. The number of benzene rings is 1. The Morgan fingerprint density at radius 1 is 1.35 bits per heavy atom. The Balaban J connectivity index is 1.94. The lowest BCUT2D eigenvalue weighted by atomic mass is 10.0. The van der Waals surface area contributed by atoms with Crippen molar-refractivity contribution < 1.29 is 19.7 Å². The highest BCUT2D eigenvalue weighted by Crippen LogP contribution is 2.21. The van der Waals surface area contributed by atoms with E-state index >= 15 is 0 Å². The van der Waals surface area contributed by atoms with Crippen molar-refractivity contribution in [3.8, 4) is 11.5 Å². The number of nitrogens with one attached hydrogen (secondary N) is 1. The van der Waals surface area contributed by atoms with Gasteiger partial charge >= 0.3 is 5.97 Å². The van der Waals surface area contributed by atoms with Crippen LogP contribution in [0.1, 0.15) is 12.8 Å². The molecule has 1 fully saturated rings. The molecule has 0 amide bonds. The molecule has 0 radical (unpaired) electrons. The molecule has 0 spiro atoms. The van der Waals surface area contributed by atoms with E-state index in [4.69, 9.17) is 14.9 Å². The molecule has 2 atom stereocenters. The summed E-state index contributed by atoms with van der Waals surface area (Å²) in [5.41, 5.74) is 0. The number of ether oxygens (including phenoxy) is 1. The molecule has 3 N–H and O–H groups in total. The number of aliphatic carboxylic acids is 1. The summed E-state index contributed by atoms with van der Waals surface area (Å²) in [5, 5.41) is 21.0. The number of phenols is 1. The van der Waals surface area contributed by atoms with Crippen LogP contribution in [0.15, 0.2) is 24.3 Å². The smallest absolute Gasteiger partial charge is 0.320 e. The van der Waals surface area contributed by atoms with E-state index in [9.17, 15) is 4.79 Å². The van der Waals surface area contributed by atoms with Crippen LogP contribution in [0.25, 0.3) is 0 Å². The van der Waals surface area contributed by atoms with Gasteiger partial charge in [-0.25, -0.2) is 0 Å². The molecule has 92 valence electrons. The van der Waals surface area contributed by atoms with Gasteiger partial charge in [-0.1, -0.05) is 0 Å². The molecular formula is C12H15NO4. The van der Waals surface area contributed by atoms with E-state index in [1.165, 1.54) is 0 Å². The molecule has 2 rings (SSSR count). The van der Waals surface area contributed by atoms with Crippen LogP contribution in [0, 0.1) is 0 Å². The summed E-state index contributed by atoms with van der Waals surface area (Å²) in [4.78, 5) is 10.8. The van der Waals surface area contributed by atoms with Gasteiger partial charge in [0.1, 0.15) is 23.6 Å². The maximum absolute atomic E-state index is 10.8. The first kappa shape index (κ1) is 11.7. The van der Waals surface area contributed by atoms with Crippen LogP contribution in [0.5, 0.6) is 11.5 Å². The average molecular weight is 237 g/mol. The first-order valence-electron chi connectivity index (χ1n) is 5.57. The third-order valence-electron chi connectivity index (χ3n) is 2.79. The number of carboxylic acid groups (broad SMARTS) is 1. The zero-order valence-corrected chi connectivity index (χ0v) is 9.30. The van der Waals surface area contributed by atoms with Crippen molar-refractivity contribution in [2.75, 3.05) is 6.54 Å². The van der Waals surface area contributed by atoms with Crippen LogP contribution >= 0.6 is 0 Å². The standard InChI is InChI=1S/C12H15NO4/c14-8-1-3-9(4-2-8)17-10-5-6-13-11(7-10)12(15)16/h1-4,10-11,13-14H,5-7H2,(H,15,16). The first-order chi connectivity index (χ1) is 8.15. The Labute approximate surface area is 99.0 Å². The number of carbonyl (C=O) groups is 1. The van der Waals surface area contributed by atoms with Crippen LogP contribution in [0.2, 0.25) is 0 Å². The molecule has 1 aliphatic rings. The third-order valence-corrected chi connectivity index (χ3v) is 2.79. The molecule has 0 saturated carbocycles. The summed E-state index contributed by atoms with van der Waals surface area (Å²) in [6.45, 7) is 0.639. The summed E-state index contributed by atoms with van der Waals surface area (Å²) >= 11 is 0. The predicted molar refractivity (Wildman–Crippen MR) is 61.2 cm³/mol. The molecule has 0 aromatic heterocycles. The lowest BCUT2D eigenvalue weighted by molar-refractivity contribution is -0.140. The van der Waals surface area contributed by atoms with Gasteiger partial charge in [0.05, 0.1) is 0 Å². The third kappa shape index (κ3) is 3.10. The Morgan fingerprint density at radius 2 is 2.06 bits per heavy atom. The van der Waals surface area contributed by atoms with E-state index in [1.807, 2.05) is 0 Å². The lowest BCUT2D eigenvalue weighted by Gasteiger charge is -2.28. The largest absolute Gasteiger partial charge is 0.508 e. The molecule has 1 heterocycles. The summed E-state index contributed by atoms with van der Waals surface area (Å²) < 4.78 is 5.68. The molecule has 0 aliphatic carbocycles. The molecule has 1 aromatic carbocycles. The van der Waals surface area contributed by atoms with Crippen LogP contribution in [-0.4, -0.2) is 34.9 Å². The van der Waals surface area contributed by atoms with E-state index in [0.29, 0.717) is 18.7 Å². The zero-order valence-electron chi connectivity index (χ0n) is 9.30. The van der Waals surface area contributed by atoms with Gasteiger partial charge in [-0.05, 0) is 37.2 Å². The van der Waals surface area contributed by atoms with Gasteiger partial charge in [0.2, 0.25) is 0 Å². The Bertz CT molecular complexity index is 390. The van der Waals surface area contributed by atoms with Crippen LogP contribution in [0.4, 0.5) is 0 Å². The van der Waals surface area contributed by atoms with E-state index in [1.54, 1.807) is 24.3 Å². The minimum absolute atomic E-state index is 0.0955. The van der Waals surface area contributed by atoms with Gasteiger partial charge in [-0.2, -0.15) is 0 Å². The molecule has 2 unspecified atom stereocenters. The number of rotatable bonds is 3. The van der Waals surface area contributed by atoms with Gasteiger partial charge in [-0.15, -0.1) is 0 Å². The van der Waals surface area contributed by atoms with Crippen LogP contribution in [-0.2, 0) is 4.79 Å². The van der Waals surface area contributed by atoms with Gasteiger partial charge in [0, 0.05) is 6.42 Å². The summed E-state index contributed by atoms with van der Waals surface area (Å²) in [7, 11) is 0. The monoisotopic (exact) mass is 237 g/mol. The fourth-order valence-corrected chi connectivity index (χ4v) is 1.89. The second-order valence-electron chi connectivity index (χ2n) is 4.10. The highest BCUT2D eigenvalue weighted by atomic mass is 16.5. The number of hydrogen-bond acceptors (Lipinski definition) is 4. The van der Waals surface area contributed by atoms with Crippen molar-refractivity contribution in [2.45, 2.75) is 25.0 Å².